The first-order chi connectivity index (χ1) is 7.29. The molecule has 0 aromatic carbocycles. The first-order valence-electron chi connectivity index (χ1n) is 5.04. The molecule has 1 N–H and O–H groups in total. The zero-order chi connectivity index (χ0) is 10.7. The molecule has 4 nitrogen and oxygen atoms in total. The molecule has 1 aliphatic heterocycles. The number of pyridine rings is 1. The summed E-state index contributed by atoms with van der Waals surface area (Å²) < 4.78 is 5.45. The molecule has 1 fully saturated rings. The Bertz CT molecular complexity index is 368. The molecule has 0 aliphatic carbocycles. The van der Waals surface area contributed by atoms with Crippen molar-refractivity contribution in [3.8, 4) is 6.07 Å². The molecule has 0 radical (unpaired) electrons. The van der Waals surface area contributed by atoms with Gasteiger partial charge >= 0.3 is 0 Å². The zero-order valence-electron chi connectivity index (χ0n) is 8.60. The van der Waals surface area contributed by atoms with Crippen LogP contribution in [0.4, 0.5) is 5.69 Å². The number of rotatable bonds is 2. The first kappa shape index (κ1) is 9.94. The number of aromatic nitrogens is 1. The second-order valence-electron chi connectivity index (χ2n) is 3.66. The van der Waals surface area contributed by atoms with Gasteiger partial charge in [-0.25, -0.2) is 4.98 Å². The normalized spacial score (nSPS) is 24.8. The molecule has 2 heterocycles. The maximum Gasteiger partial charge on any atom is 0.140 e. The molecule has 2 unspecified atom stereocenters. The summed E-state index contributed by atoms with van der Waals surface area (Å²) in [4.78, 5) is 4.00. The van der Waals surface area contributed by atoms with Crippen LogP contribution >= 0.6 is 0 Å². The number of nitrogens with one attached hydrogen (secondary N) is 1. The van der Waals surface area contributed by atoms with Crippen LogP contribution in [-0.2, 0) is 4.74 Å². The van der Waals surface area contributed by atoms with Gasteiger partial charge in [0.2, 0.25) is 0 Å². The Labute approximate surface area is 88.9 Å². The third-order valence-corrected chi connectivity index (χ3v) is 2.61. The molecule has 2 atom stereocenters. The predicted octanol–water partition coefficient (Wildman–Crippen LogP) is 1.54. The Hall–Kier alpha value is -1.60. The number of hydrogen-bond acceptors (Lipinski definition) is 4. The van der Waals surface area contributed by atoms with Crippen LogP contribution in [0.2, 0.25) is 0 Å². The van der Waals surface area contributed by atoms with Gasteiger partial charge in [-0.3, -0.25) is 0 Å². The maximum atomic E-state index is 8.60. The Morgan fingerprint density at radius 3 is 3.00 bits per heavy atom. The third kappa shape index (κ3) is 2.25. The smallest absolute Gasteiger partial charge is 0.140 e. The zero-order valence-corrected chi connectivity index (χ0v) is 8.60. The number of nitriles is 1. The van der Waals surface area contributed by atoms with Crippen LogP contribution in [0.5, 0.6) is 0 Å². The maximum absolute atomic E-state index is 8.60. The minimum Gasteiger partial charge on any atom is -0.378 e. The van der Waals surface area contributed by atoms with E-state index in [-0.39, 0.29) is 6.10 Å². The van der Waals surface area contributed by atoms with E-state index in [1.54, 1.807) is 12.3 Å². The van der Waals surface area contributed by atoms with Crippen molar-refractivity contribution >= 4 is 5.69 Å². The minimum atomic E-state index is 0.237. The quantitative estimate of drug-likeness (QED) is 0.792. The van der Waals surface area contributed by atoms with Crippen LogP contribution in [0.3, 0.4) is 0 Å². The standard InChI is InChI=1S/C11H13N3O/c1-8-11(4-5-15-8)14-10-3-2-9(6-12)13-7-10/h2-3,7-8,11,14H,4-5H2,1H3. The fourth-order valence-corrected chi connectivity index (χ4v) is 1.68. The lowest BCUT2D eigenvalue weighted by Crippen LogP contribution is -2.26. The summed E-state index contributed by atoms with van der Waals surface area (Å²) in [5.74, 6) is 0. The van der Waals surface area contributed by atoms with Gasteiger partial charge in [-0.15, -0.1) is 0 Å². The number of ether oxygens (including phenoxy) is 1. The lowest BCUT2D eigenvalue weighted by molar-refractivity contribution is 0.121. The molecule has 4 heteroatoms. The molecule has 0 spiro atoms. The summed E-state index contributed by atoms with van der Waals surface area (Å²) in [5, 5.41) is 11.9. The van der Waals surface area contributed by atoms with E-state index >= 15 is 0 Å². The van der Waals surface area contributed by atoms with Gasteiger partial charge < -0.3 is 10.1 Å². The van der Waals surface area contributed by atoms with Crippen LogP contribution in [0.1, 0.15) is 19.0 Å². The second kappa shape index (κ2) is 4.28. The Balaban J connectivity index is 2.02. The number of nitrogens with zero attached hydrogens (tertiary/aromatic N) is 2. The highest BCUT2D eigenvalue weighted by atomic mass is 16.5. The van der Waals surface area contributed by atoms with E-state index in [4.69, 9.17) is 10.00 Å². The highest BCUT2D eigenvalue weighted by Gasteiger charge is 2.23. The van der Waals surface area contributed by atoms with Crippen molar-refractivity contribution in [3.63, 3.8) is 0 Å². The van der Waals surface area contributed by atoms with Crippen molar-refractivity contribution in [2.45, 2.75) is 25.5 Å². The van der Waals surface area contributed by atoms with Crippen molar-refractivity contribution in [3.05, 3.63) is 24.0 Å². The van der Waals surface area contributed by atoms with E-state index < -0.39 is 0 Å². The van der Waals surface area contributed by atoms with E-state index in [0.717, 1.165) is 18.7 Å². The summed E-state index contributed by atoms with van der Waals surface area (Å²) >= 11 is 0. The van der Waals surface area contributed by atoms with Gasteiger partial charge in [-0.05, 0) is 25.5 Å². The monoisotopic (exact) mass is 203 g/mol. The topological polar surface area (TPSA) is 57.9 Å². The van der Waals surface area contributed by atoms with Gasteiger partial charge in [0.1, 0.15) is 11.8 Å². The Kier molecular flexibility index (Phi) is 2.84. The van der Waals surface area contributed by atoms with Crippen molar-refractivity contribution in [2.75, 3.05) is 11.9 Å². The van der Waals surface area contributed by atoms with Gasteiger partial charge in [-0.1, -0.05) is 0 Å². The summed E-state index contributed by atoms with van der Waals surface area (Å²) in [6.45, 7) is 2.87. The van der Waals surface area contributed by atoms with Crippen molar-refractivity contribution in [2.24, 2.45) is 0 Å². The molecule has 2 rings (SSSR count). The Morgan fingerprint density at radius 2 is 2.47 bits per heavy atom. The van der Waals surface area contributed by atoms with Crippen LogP contribution in [0.25, 0.3) is 0 Å². The second-order valence-corrected chi connectivity index (χ2v) is 3.66. The third-order valence-electron chi connectivity index (χ3n) is 2.61. The average molecular weight is 203 g/mol. The highest BCUT2D eigenvalue weighted by Crippen LogP contribution is 2.18. The SMILES string of the molecule is CC1OCCC1Nc1ccc(C#N)nc1. The van der Waals surface area contributed by atoms with Crippen molar-refractivity contribution < 1.29 is 4.74 Å². The van der Waals surface area contributed by atoms with Crippen molar-refractivity contribution in [1.29, 1.82) is 5.26 Å². The largest absolute Gasteiger partial charge is 0.378 e. The van der Waals surface area contributed by atoms with Crippen LogP contribution in [0.15, 0.2) is 18.3 Å². The highest BCUT2D eigenvalue weighted by molar-refractivity contribution is 5.43. The van der Waals surface area contributed by atoms with E-state index in [9.17, 15) is 0 Å². The van der Waals surface area contributed by atoms with E-state index in [1.165, 1.54) is 0 Å². The predicted molar refractivity (Wildman–Crippen MR) is 56.4 cm³/mol. The Morgan fingerprint density at radius 1 is 1.60 bits per heavy atom. The van der Waals surface area contributed by atoms with Gasteiger partial charge in [0.05, 0.1) is 24.0 Å². The summed E-state index contributed by atoms with van der Waals surface area (Å²) in [7, 11) is 0. The van der Waals surface area contributed by atoms with Crippen LogP contribution in [-0.4, -0.2) is 23.7 Å². The number of hydrogen-bond donors (Lipinski definition) is 1. The molecule has 15 heavy (non-hydrogen) atoms. The average Bonchev–Trinajstić information content (AvgIpc) is 2.66. The number of anilines is 1. The van der Waals surface area contributed by atoms with E-state index in [0.29, 0.717) is 11.7 Å². The molecule has 1 aromatic heterocycles. The van der Waals surface area contributed by atoms with Gasteiger partial charge in [0, 0.05) is 6.61 Å². The van der Waals surface area contributed by atoms with Crippen molar-refractivity contribution in [1.82, 2.24) is 4.98 Å². The fraction of sp³-hybridized carbons (Fsp3) is 0.455. The molecular formula is C11H13N3O. The molecule has 1 aromatic rings. The molecule has 1 aliphatic rings. The molecule has 78 valence electrons. The van der Waals surface area contributed by atoms with Gasteiger partial charge in [-0.2, -0.15) is 5.26 Å². The molecule has 0 bridgehead atoms. The fourth-order valence-electron chi connectivity index (χ4n) is 1.68. The summed E-state index contributed by atoms with van der Waals surface area (Å²) in [5.41, 5.74) is 1.38. The lowest BCUT2D eigenvalue weighted by Gasteiger charge is -2.16. The summed E-state index contributed by atoms with van der Waals surface area (Å²) in [6.07, 6.45) is 2.94. The summed E-state index contributed by atoms with van der Waals surface area (Å²) in [6, 6.07) is 5.92. The molecule has 0 saturated carbocycles. The first-order valence-corrected chi connectivity index (χ1v) is 5.04. The molecule has 0 amide bonds. The van der Waals surface area contributed by atoms with E-state index in [1.807, 2.05) is 12.1 Å². The van der Waals surface area contributed by atoms with Crippen LogP contribution in [0, 0.1) is 11.3 Å². The molecular weight excluding hydrogens is 190 g/mol. The van der Waals surface area contributed by atoms with Crippen LogP contribution < -0.4 is 5.32 Å². The minimum absolute atomic E-state index is 0.237. The lowest BCUT2D eigenvalue weighted by atomic mass is 10.1. The van der Waals surface area contributed by atoms with Gasteiger partial charge in [0.15, 0.2) is 0 Å². The van der Waals surface area contributed by atoms with Gasteiger partial charge in [0.25, 0.3) is 0 Å². The van der Waals surface area contributed by atoms with E-state index in [2.05, 4.69) is 17.2 Å². The molecule has 1 saturated heterocycles.